The van der Waals surface area contributed by atoms with Gasteiger partial charge in [-0.25, -0.2) is 0 Å². The minimum absolute atomic E-state index is 0.0204. The lowest BCUT2D eigenvalue weighted by atomic mass is 10.1. The predicted octanol–water partition coefficient (Wildman–Crippen LogP) is 1.91. The van der Waals surface area contributed by atoms with Crippen molar-refractivity contribution in [1.82, 2.24) is 0 Å². The summed E-state index contributed by atoms with van der Waals surface area (Å²) in [7, 11) is 0. The zero-order valence-electron chi connectivity index (χ0n) is 16.4. The highest BCUT2D eigenvalue weighted by atomic mass is 16.6. The zero-order chi connectivity index (χ0) is 19.7. The molecule has 27 heavy (non-hydrogen) atoms. The molecule has 1 aromatic carbocycles. The van der Waals surface area contributed by atoms with Crippen LogP contribution in [0.25, 0.3) is 0 Å². The second-order valence-electron chi connectivity index (χ2n) is 5.86. The number of carbonyl (C=O) groups is 1. The Morgan fingerprint density at radius 3 is 2.00 bits per heavy atom. The fraction of sp³-hybridized carbons (Fsp3) is 0.650. The molecule has 0 bridgehead atoms. The zero-order valence-corrected chi connectivity index (χ0v) is 16.4. The third-order valence-corrected chi connectivity index (χ3v) is 3.62. The van der Waals surface area contributed by atoms with Gasteiger partial charge in [0.2, 0.25) is 0 Å². The van der Waals surface area contributed by atoms with Gasteiger partial charge in [0.05, 0.1) is 65.9 Å². The third kappa shape index (κ3) is 11.7. The van der Waals surface area contributed by atoms with Gasteiger partial charge >= 0.3 is 5.97 Å². The van der Waals surface area contributed by atoms with Crippen LogP contribution in [0, 0.1) is 6.92 Å². The monoisotopic (exact) mass is 384 g/mol. The Morgan fingerprint density at radius 1 is 0.889 bits per heavy atom. The van der Waals surface area contributed by atoms with E-state index < -0.39 is 0 Å². The number of rotatable bonds is 16. The quantitative estimate of drug-likeness (QED) is 0.265. The van der Waals surface area contributed by atoms with Crippen molar-refractivity contribution in [3.05, 3.63) is 29.3 Å². The second-order valence-corrected chi connectivity index (χ2v) is 5.86. The Bertz CT molecular complexity index is 519. The number of aliphatic hydroxyl groups excluding tert-OH is 1. The van der Waals surface area contributed by atoms with Crippen LogP contribution in [0.5, 0.6) is 5.75 Å². The molecule has 1 rings (SSSR count). The van der Waals surface area contributed by atoms with Gasteiger partial charge in [-0.1, -0.05) is 24.6 Å². The molecule has 0 fully saturated rings. The lowest BCUT2D eigenvalue weighted by Crippen LogP contribution is -2.15. The normalized spacial score (nSPS) is 10.9. The van der Waals surface area contributed by atoms with Crippen molar-refractivity contribution in [3.8, 4) is 5.75 Å². The standard InChI is InChI=1S/C20H32O7/c1-3-18-16-17(2)4-5-19(18)27-20(22)6-8-23-10-12-25-14-15-26-13-11-24-9-7-21/h4-5,16,21H,3,6-15H2,1-2H3. The fourth-order valence-electron chi connectivity index (χ4n) is 2.24. The first-order chi connectivity index (χ1) is 13.2. The first-order valence-corrected chi connectivity index (χ1v) is 9.39. The van der Waals surface area contributed by atoms with E-state index in [1.54, 1.807) is 0 Å². The van der Waals surface area contributed by atoms with E-state index >= 15 is 0 Å². The van der Waals surface area contributed by atoms with Gasteiger partial charge in [-0.15, -0.1) is 0 Å². The van der Waals surface area contributed by atoms with Gasteiger partial charge in [-0.05, 0) is 25.0 Å². The molecule has 0 aliphatic rings. The Kier molecular flexibility index (Phi) is 13.5. The summed E-state index contributed by atoms with van der Waals surface area (Å²) >= 11 is 0. The number of ether oxygens (including phenoxy) is 5. The molecule has 154 valence electrons. The van der Waals surface area contributed by atoms with Crippen LogP contribution in [0.2, 0.25) is 0 Å². The van der Waals surface area contributed by atoms with Crippen molar-refractivity contribution < 1.29 is 33.6 Å². The van der Waals surface area contributed by atoms with Gasteiger partial charge in [0.15, 0.2) is 0 Å². The maximum absolute atomic E-state index is 11.9. The molecule has 0 heterocycles. The Morgan fingerprint density at radius 2 is 1.44 bits per heavy atom. The van der Waals surface area contributed by atoms with E-state index in [1.807, 2.05) is 32.0 Å². The highest BCUT2D eigenvalue weighted by Crippen LogP contribution is 2.21. The molecular weight excluding hydrogens is 352 g/mol. The summed E-state index contributed by atoms with van der Waals surface area (Å²) in [5, 5.41) is 8.53. The lowest BCUT2D eigenvalue weighted by molar-refractivity contribution is -0.135. The van der Waals surface area contributed by atoms with Gasteiger partial charge in [0.1, 0.15) is 5.75 Å². The summed E-state index contributed by atoms with van der Waals surface area (Å²) in [6.07, 6.45) is 1.02. The summed E-state index contributed by atoms with van der Waals surface area (Å²) < 4.78 is 26.5. The summed E-state index contributed by atoms with van der Waals surface area (Å²) in [4.78, 5) is 11.9. The Labute approximate surface area is 161 Å². The number of hydrogen-bond donors (Lipinski definition) is 1. The number of aliphatic hydroxyl groups is 1. The lowest BCUT2D eigenvalue weighted by Gasteiger charge is -2.10. The number of hydrogen-bond acceptors (Lipinski definition) is 7. The molecule has 0 radical (unpaired) electrons. The van der Waals surface area contributed by atoms with Crippen molar-refractivity contribution >= 4 is 5.97 Å². The van der Waals surface area contributed by atoms with Crippen LogP contribution in [0.3, 0.4) is 0 Å². The molecule has 0 atom stereocenters. The van der Waals surface area contributed by atoms with Crippen LogP contribution in [-0.4, -0.2) is 70.5 Å². The molecule has 0 saturated heterocycles. The second kappa shape index (κ2) is 15.5. The summed E-state index contributed by atoms with van der Waals surface area (Å²) in [6.45, 7) is 7.44. The summed E-state index contributed by atoms with van der Waals surface area (Å²) in [5.74, 6) is 0.324. The maximum Gasteiger partial charge on any atom is 0.313 e. The first-order valence-electron chi connectivity index (χ1n) is 9.39. The van der Waals surface area contributed by atoms with Crippen molar-refractivity contribution in [1.29, 1.82) is 0 Å². The van der Waals surface area contributed by atoms with Crippen molar-refractivity contribution in [2.24, 2.45) is 0 Å². The number of benzene rings is 1. The SMILES string of the molecule is CCc1cc(C)ccc1OC(=O)CCOCCOCCOCCOCCO. The molecular formula is C20H32O7. The average Bonchev–Trinajstić information content (AvgIpc) is 2.66. The van der Waals surface area contributed by atoms with Gasteiger partial charge in [-0.2, -0.15) is 0 Å². The fourth-order valence-corrected chi connectivity index (χ4v) is 2.24. The molecule has 0 unspecified atom stereocenters. The van der Waals surface area contributed by atoms with Gasteiger partial charge in [0, 0.05) is 0 Å². The molecule has 0 spiro atoms. The average molecular weight is 384 g/mol. The van der Waals surface area contributed by atoms with Crippen LogP contribution in [0.15, 0.2) is 18.2 Å². The highest BCUT2D eigenvalue weighted by molar-refractivity contribution is 5.72. The van der Waals surface area contributed by atoms with Gasteiger partial charge in [-0.3, -0.25) is 4.79 Å². The minimum Gasteiger partial charge on any atom is -0.426 e. The van der Waals surface area contributed by atoms with Crippen molar-refractivity contribution in [2.75, 3.05) is 59.5 Å². The molecule has 0 aliphatic carbocycles. The molecule has 0 aromatic heterocycles. The molecule has 0 saturated carbocycles. The van der Waals surface area contributed by atoms with Gasteiger partial charge < -0.3 is 28.8 Å². The topological polar surface area (TPSA) is 83.5 Å². The molecule has 7 nitrogen and oxygen atoms in total. The summed E-state index contributed by atoms with van der Waals surface area (Å²) in [5.41, 5.74) is 2.18. The molecule has 0 amide bonds. The number of esters is 1. The molecule has 1 N–H and O–H groups in total. The van der Waals surface area contributed by atoms with Crippen LogP contribution in [-0.2, 0) is 30.2 Å². The van der Waals surface area contributed by atoms with Gasteiger partial charge in [0.25, 0.3) is 0 Å². The van der Waals surface area contributed by atoms with Crippen LogP contribution >= 0.6 is 0 Å². The van der Waals surface area contributed by atoms with E-state index in [1.165, 1.54) is 0 Å². The van der Waals surface area contributed by atoms with Crippen molar-refractivity contribution in [3.63, 3.8) is 0 Å². The van der Waals surface area contributed by atoms with Crippen LogP contribution in [0.4, 0.5) is 0 Å². The van der Waals surface area contributed by atoms with E-state index in [4.69, 9.17) is 28.8 Å². The van der Waals surface area contributed by atoms with E-state index in [2.05, 4.69) is 0 Å². The predicted molar refractivity (Wildman–Crippen MR) is 101 cm³/mol. The Hall–Kier alpha value is -1.51. The minimum atomic E-state index is -0.300. The van der Waals surface area contributed by atoms with Crippen molar-refractivity contribution in [2.45, 2.75) is 26.7 Å². The largest absolute Gasteiger partial charge is 0.426 e. The van der Waals surface area contributed by atoms with E-state index in [0.29, 0.717) is 58.6 Å². The van der Waals surface area contributed by atoms with E-state index in [-0.39, 0.29) is 19.0 Å². The molecule has 1 aromatic rings. The first kappa shape index (κ1) is 23.5. The summed E-state index contributed by atoms with van der Waals surface area (Å²) in [6, 6.07) is 5.80. The Balaban J connectivity index is 1.97. The number of aryl methyl sites for hydroxylation is 2. The molecule has 0 aliphatic heterocycles. The molecule has 7 heteroatoms. The smallest absolute Gasteiger partial charge is 0.313 e. The van der Waals surface area contributed by atoms with E-state index in [9.17, 15) is 4.79 Å². The number of carbonyl (C=O) groups excluding carboxylic acids is 1. The third-order valence-electron chi connectivity index (χ3n) is 3.62. The van der Waals surface area contributed by atoms with E-state index in [0.717, 1.165) is 17.5 Å². The highest BCUT2D eigenvalue weighted by Gasteiger charge is 2.08. The van der Waals surface area contributed by atoms with Crippen LogP contribution < -0.4 is 4.74 Å². The maximum atomic E-state index is 11.9. The van der Waals surface area contributed by atoms with Crippen LogP contribution in [0.1, 0.15) is 24.5 Å².